The van der Waals surface area contributed by atoms with Gasteiger partial charge in [0.05, 0.1) is 17.1 Å². The first-order valence-corrected chi connectivity index (χ1v) is 11.0. The molecule has 0 atom stereocenters. The van der Waals surface area contributed by atoms with Crippen LogP contribution in [-0.4, -0.2) is 21.6 Å². The molecule has 0 bridgehead atoms. The van der Waals surface area contributed by atoms with Gasteiger partial charge in [-0.15, -0.1) is 0 Å². The molecule has 1 aliphatic heterocycles. The van der Waals surface area contributed by atoms with Gasteiger partial charge in [-0.1, -0.05) is 23.7 Å². The van der Waals surface area contributed by atoms with Gasteiger partial charge in [0.25, 0.3) is 11.6 Å². The van der Waals surface area contributed by atoms with E-state index in [-0.39, 0.29) is 28.2 Å². The maximum atomic E-state index is 14.7. The number of anilines is 1. The Labute approximate surface area is 204 Å². The number of carbonyl (C=O) groups is 2. The third kappa shape index (κ3) is 3.68. The summed E-state index contributed by atoms with van der Waals surface area (Å²) in [7, 11) is 0. The molecule has 0 spiro atoms. The van der Waals surface area contributed by atoms with Crippen LogP contribution in [0, 0.1) is 19.7 Å². The van der Waals surface area contributed by atoms with E-state index in [0.717, 1.165) is 21.2 Å². The lowest BCUT2D eigenvalue weighted by atomic mass is 10.0. The predicted molar refractivity (Wildman–Crippen MR) is 126 cm³/mol. The van der Waals surface area contributed by atoms with Gasteiger partial charge in [-0.25, -0.2) is 14.0 Å². The number of benzene rings is 2. The lowest BCUT2D eigenvalue weighted by Gasteiger charge is -2.16. The number of halogens is 2. The fraction of sp³-hybridized carbons (Fsp3) is 0.0769. The van der Waals surface area contributed by atoms with Crippen LogP contribution < -0.4 is 14.6 Å². The number of hydrogen-bond donors (Lipinski definition) is 0. The van der Waals surface area contributed by atoms with E-state index in [1.165, 1.54) is 22.8 Å². The van der Waals surface area contributed by atoms with Crippen molar-refractivity contribution in [1.82, 2.24) is 9.78 Å². The topological polar surface area (TPSA) is 82.1 Å². The van der Waals surface area contributed by atoms with E-state index in [1.807, 2.05) is 6.92 Å². The Kier molecular flexibility index (Phi) is 5.45. The Bertz CT molecular complexity index is 1530. The summed E-state index contributed by atoms with van der Waals surface area (Å²) in [5.74, 6) is -2.87. The Morgan fingerprint density at radius 3 is 2.26 bits per heavy atom. The van der Waals surface area contributed by atoms with Crippen molar-refractivity contribution in [3.8, 4) is 11.6 Å². The standard InChI is InChI=1S/C26H18ClFN4O3/c1-15-11-13-30(14-12-15)23-22(24(33)31(26(23)35)20-6-4-3-5-19(20)28)21-16(2)29-32(25(21)34)18-9-7-17(27)8-10-18/h3-14H,1-2H3. The van der Waals surface area contributed by atoms with Crippen molar-refractivity contribution >= 4 is 40.4 Å². The third-order valence-electron chi connectivity index (χ3n) is 5.75. The van der Waals surface area contributed by atoms with Crippen LogP contribution >= 0.6 is 11.6 Å². The van der Waals surface area contributed by atoms with Gasteiger partial charge in [-0.05, 0) is 61.7 Å². The Balaban J connectivity index is 1.75. The number of amides is 2. The molecule has 0 radical (unpaired) electrons. The van der Waals surface area contributed by atoms with Gasteiger partial charge in [0.1, 0.15) is 11.4 Å². The zero-order chi connectivity index (χ0) is 24.9. The molecule has 1 aliphatic rings. The Hall–Kier alpha value is -4.30. The lowest BCUT2D eigenvalue weighted by Crippen LogP contribution is -2.39. The van der Waals surface area contributed by atoms with Crippen LogP contribution in [0.4, 0.5) is 10.1 Å². The van der Waals surface area contributed by atoms with Crippen molar-refractivity contribution in [3.05, 3.63) is 101 Å². The maximum Gasteiger partial charge on any atom is 0.331 e. The van der Waals surface area contributed by atoms with Crippen LogP contribution in [0.2, 0.25) is 5.02 Å². The van der Waals surface area contributed by atoms with Crippen LogP contribution in [0.15, 0.2) is 73.1 Å². The van der Waals surface area contributed by atoms with E-state index in [2.05, 4.69) is 5.10 Å². The van der Waals surface area contributed by atoms with Gasteiger partial charge in [-0.3, -0.25) is 9.59 Å². The van der Waals surface area contributed by atoms with Gasteiger partial charge in [-0.2, -0.15) is 9.67 Å². The quantitative estimate of drug-likeness (QED) is 0.325. The summed E-state index contributed by atoms with van der Waals surface area (Å²) < 4.78 is 17.3. The van der Waals surface area contributed by atoms with Gasteiger partial charge < -0.3 is 5.11 Å². The summed E-state index contributed by atoms with van der Waals surface area (Å²) >= 11 is 5.96. The summed E-state index contributed by atoms with van der Waals surface area (Å²) in [5, 5.41) is 18.3. The smallest absolute Gasteiger partial charge is 0.331 e. The van der Waals surface area contributed by atoms with Crippen molar-refractivity contribution in [2.24, 2.45) is 0 Å². The molecule has 0 fully saturated rings. The number of aromatic nitrogens is 3. The molecule has 2 amide bonds. The van der Waals surface area contributed by atoms with E-state index >= 15 is 0 Å². The Morgan fingerprint density at radius 1 is 0.943 bits per heavy atom. The molecule has 0 N–H and O–H groups in total. The Morgan fingerprint density at radius 2 is 1.60 bits per heavy atom. The summed E-state index contributed by atoms with van der Waals surface area (Å²) in [6.07, 6.45) is 3.23. The molecule has 5 rings (SSSR count). The molecule has 3 heterocycles. The molecule has 0 saturated carbocycles. The van der Waals surface area contributed by atoms with E-state index in [1.54, 1.807) is 55.7 Å². The molecule has 7 nitrogen and oxygen atoms in total. The van der Waals surface area contributed by atoms with E-state index < -0.39 is 23.5 Å². The number of pyridine rings is 1. The van der Waals surface area contributed by atoms with Crippen molar-refractivity contribution in [1.29, 1.82) is 0 Å². The minimum absolute atomic E-state index is 0.0276. The minimum atomic E-state index is -0.806. The van der Waals surface area contributed by atoms with Crippen molar-refractivity contribution in [2.45, 2.75) is 13.8 Å². The lowest BCUT2D eigenvalue weighted by molar-refractivity contribution is -0.576. The molecule has 2 aromatic carbocycles. The van der Waals surface area contributed by atoms with E-state index in [9.17, 15) is 19.1 Å². The third-order valence-corrected chi connectivity index (χ3v) is 6.00. The van der Waals surface area contributed by atoms with Gasteiger partial charge in [0, 0.05) is 22.7 Å². The zero-order valence-corrected chi connectivity index (χ0v) is 19.5. The van der Waals surface area contributed by atoms with Crippen LogP contribution in [0.1, 0.15) is 16.8 Å². The fourth-order valence-electron chi connectivity index (χ4n) is 4.04. The minimum Gasteiger partial charge on any atom is -0.858 e. The molecule has 0 unspecified atom stereocenters. The molecule has 0 saturated heterocycles. The van der Waals surface area contributed by atoms with Crippen molar-refractivity contribution in [2.75, 3.05) is 4.90 Å². The van der Waals surface area contributed by atoms with Crippen LogP contribution in [-0.2, 0) is 9.59 Å². The molecular formula is C26H18ClFN4O3. The summed E-state index contributed by atoms with van der Waals surface area (Å²) in [6, 6.07) is 15.5. The second kappa shape index (κ2) is 8.48. The molecule has 9 heteroatoms. The van der Waals surface area contributed by atoms with Crippen molar-refractivity contribution in [3.63, 3.8) is 0 Å². The zero-order valence-electron chi connectivity index (χ0n) is 18.7. The summed E-state index contributed by atoms with van der Waals surface area (Å²) in [5.41, 5.74) is 1.20. The van der Waals surface area contributed by atoms with Crippen LogP contribution in [0.25, 0.3) is 17.0 Å². The highest BCUT2D eigenvalue weighted by Crippen LogP contribution is 2.39. The number of carbonyl (C=O) groups excluding carboxylic acids is 2. The van der Waals surface area contributed by atoms with Gasteiger partial charge in [0.15, 0.2) is 12.4 Å². The van der Waals surface area contributed by atoms with E-state index in [0.29, 0.717) is 10.7 Å². The largest absolute Gasteiger partial charge is 0.858 e. The summed E-state index contributed by atoms with van der Waals surface area (Å²) in [6.45, 7) is 3.46. The molecular weight excluding hydrogens is 471 g/mol. The highest BCUT2D eigenvalue weighted by atomic mass is 35.5. The normalized spacial score (nSPS) is 13.8. The predicted octanol–water partition coefficient (Wildman–Crippen LogP) is 3.58. The highest BCUT2D eigenvalue weighted by Gasteiger charge is 2.48. The molecule has 4 aromatic rings. The maximum absolute atomic E-state index is 14.7. The SMILES string of the molecule is Cc1cc[n+](C2=C(c3c(C)nn(-c4ccc(Cl)cc4)c3[O-])C(=O)N(c3ccccc3F)C2=O)cc1. The highest BCUT2D eigenvalue weighted by molar-refractivity contribution is 6.53. The fourth-order valence-corrected chi connectivity index (χ4v) is 4.16. The number of imide groups is 1. The van der Waals surface area contributed by atoms with Crippen LogP contribution in [0.3, 0.4) is 0 Å². The molecule has 35 heavy (non-hydrogen) atoms. The number of rotatable bonds is 4. The summed E-state index contributed by atoms with van der Waals surface area (Å²) in [4.78, 5) is 28.0. The molecule has 2 aromatic heterocycles. The van der Waals surface area contributed by atoms with Crippen molar-refractivity contribution < 1.29 is 23.7 Å². The van der Waals surface area contributed by atoms with Gasteiger partial charge in [0.2, 0.25) is 0 Å². The average molecular weight is 489 g/mol. The van der Waals surface area contributed by atoms with E-state index in [4.69, 9.17) is 11.6 Å². The number of nitrogens with zero attached hydrogens (tertiary/aromatic N) is 4. The first kappa shape index (κ1) is 22.5. The average Bonchev–Trinajstić information content (AvgIpc) is 3.26. The molecule has 174 valence electrons. The number of hydrogen-bond acceptors (Lipinski definition) is 4. The van der Waals surface area contributed by atoms with Gasteiger partial charge >= 0.3 is 5.91 Å². The number of para-hydroxylation sites is 1. The first-order valence-electron chi connectivity index (χ1n) is 10.7. The molecule has 0 aliphatic carbocycles. The number of aryl methyl sites for hydroxylation is 2. The first-order chi connectivity index (χ1) is 16.8. The van der Waals surface area contributed by atoms with Crippen LogP contribution in [0.5, 0.6) is 5.88 Å². The second-order valence-corrected chi connectivity index (χ2v) is 8.49. The monoisotopic (exact) mass is 488 g/mol. The second-order valence-electron chi connectivity index (χ2n) is 8.06.